The van der Waals surface area contributed by atoms with Crippen LogP contribution >= 0.6 is 0 Å². The molecule has 0 radical (unpaired) electrons. The summed E-state index contributed by atoms with van der Waals surface area (Å²) in [5.74, 6) is 1.38. The van der Waals surface area contributed by atoms with E-state index in [0.29, 0.717) is 31.3 Å². The van der Waals surface area contributed by atoms with Crippen LogP contribution in [0.5, 0.6) is 0 Å². The van der Waals surface area contributed by atoms with Gasteiger partial charge in [0.25, 0.3) is 0 Å². The quantitative estimate of drug-likeness (QED) is 0.455. The molecule has 0 saturated heterocycles. The highest BCUT2D eigenvalue weighted by Crippen LogP contribution is 2.10. The second-order valence-electron chi connectivity index (χ2n) is 3.24. The third-order valence-electron chi connectivity index (χ3n) is 1.90. The SMILES string of the molecule is CCCCOCC1=C=C=C(COCC)O1. The van der Waals surface area contributed by atoms with E-state index in [0.717, 1.165) is 19.4 Å². The lowest BCUT2D eigenvalue weighted by Crippen LogP contribution is -2.04. The summed E-state index contributed by atoms with van der Waals surface area (Å²) in [4.78, 5) is 0. The molecule has 15 heavy (non-hydrogen) atoms. The first kappa shape index (κ1) is 12.1. The van der Waals surface area contributed by atoms with Crippen molar-refractivity contribution in [1.29, 1.82) is 0 Å². The van der Waals surface area contributed by atoms with Gasteiger partial charge in [-0.2, -0.15) is 0 Å². The zero-order chi connectivity index (χ0) is 10.9. The zero-order valence-electron chi connectivity index (χ0n) is 9.47. The van der Waals surface area contributed by atoms with Gasteiger partial charge in [0.05, 0.1) is 0 Å². The minimum absolute atomic E-state index is 0.460. The lowest BCUT2D eigenvalue weighted by atomic mass is 10.4. The van der Waals surface area contributed by atoms with Crippen LogP contribution in [-0.2, 0) is 14.2 Å². The Kier molecular flexibility index (Phi) is 5.91. The maximum absolute atomic E-state index is 5.40. The Morgan fingerprint density at radius 2 is 1.73 bits per heavy atom. The Labute approximate surface area is 91.0 Å². The lowest BCUT2D eigenvalue weighted by molar-refractivity contribution is 0.0947. The van der Waals surface area contributed by atoms with E-state index in [1.165, 1.54) is 0 Å². The van der Waals surface area contributed by atoms with Gasteiger partial charge in [0.1, 0.15) is 13.2 Å². The maximum atomic E-state index is 5.40. The maximum Gasteiger partial charge on any atom is 0.181 e. The van der Waals surface area contributed by atoms with Crippen LogP contribution in [0.2, 0.25) is 0 Å². The van der Waals surface area contributed by atoms with Crippen LogP contribution in [0.25, 0.3) is 0 Å². The van der Waals surface area contributed by atoms with Crippen LogP contribution in [0.3, 0.4) is 0 Å². The molecule has 1 aliphatic heterocycles. The number of hydrogen-bond donors (Lipinski definition) is 0. The van der Waals surface area contributed by atoms with Gasteiger partial charge in [-0.05, 0) is 24.8 Å². The monoisotopic (exact) mass is 210 g/mol. The molecule has 0 aliphatic carbocycles. The summed E-state index contributed by atoms with van der Waals surface area (Å²) in [6, 6.07) is 0. The van der Waals surface area contributed by atoms with Crippen molar-refractivity contribution < 1.29 is 14.2 Å². The fourth-order valence-electron chi connectivity index (χ4n) is 1.08. The van der Waals surface area contributed by atoms with Crippen molar-refractivity contribution >= 4 is 0 Å². The van der Waals surface area contributed by atoms with Gasteiger partial charge >= 0.3 is 0 Å². The fourth-order valence-corrected chi connectivity index (χ4v) is 1.08. The van der Waals surface area contributed by atoms with Crippen LogP contribution in [-0.4, -0.2) is 26.4 Å². The van der Waals surface area contributed by atoms with Crippen LogP contribution < -0.4 is 0 Å². The van der Waals surface area contributed by atoms with Gasteiger partial charge in [0, 0.05) is 13.2 Å². The number of hydrogen-bond acceptors (Lipinski definition) is 3. The van der Waals surface area contributed by atoms with Gasteiger partial charge in [-0.15, -0.1) is 0 Å². The average molecular weight is 210 g/mol. The van der Waals surface area contributed by atoms with Gasteiger partial charge in [-0.3, -0.25) is 0 Å². The van der Waals surface area contributed by atoms with E-state index in [-0.39, 0.29) is 0 Å². The molecule has 0 saturated carbocycles. The van der Waals surface area contributed by atoms with E-state index in [2.05, 4.69) is 18.4 Å². The van der Waals surface area contributed by atoms with E-state index < -0.39 is 0 Å². The molecule has 3 heteroatoms. The summed E-state index contributed by atoms with van der Waals surface area (Å²) < 4.78 is 16.0. The number of ether oxygens (including phenoxy) is 3. The van der Waals surface area contributed by atoms with Crippen molar-refractivity contribution in [1.82, 2.24) is 0 Å². The predicted octanol–water partition coefficient (Wildman–Crippen LogP) is 2.39. The summed E-state index contributed by atoms with van der Waals surface area (Å²) in [6.45, 7) is 6.46. The van der Waals surface area contributed by atoms with Gasteiger partial charge < -0.3 is 14.2 Å². The van der Waals surface area contributed by atoms with Gasteiger partial charge in [-0.25, -0.2) is 0 Å². The molecular formula is C12H18O3. The molecule has 0 aromatic rings. The summed E-state index contributed by atoms with van der Waals surface area (Å²) >= 11 is 0. The average Bonchev–Trinajstić information content (AvgIpc) is 2.69. The summed E-state index contributed by atoms with van der Waals surface area (Å²) in [5, 5.41) is 0. The number of unbranched alkanes of at least 4 members (excludes halogenated alkanes) is 1. The third kappa shape index (κ3) is 4.87. The minimum Gasteiger partial charge on any atom is -0.443 e. The Balaban J connectivity index is 2.18. The summed E-state index contributed by atoms with van der Waals surface area (Å²) in [5.41, 5.74) is 5.78. The smallest absolute Gasteiger partial charge is 0.181 e. The third-order valence-corrected chi connectivity index (χ3v) is 1.90. The Bertz CT molecular complexity index is 281. The Morgan fingerprint density at radius 1 is 1.07 bits per heavy atom. The molecule has 0 bridgehead atoms. The van der Waals surface area contributed by atoms with Crippen molar-refractivity contribution in [2.45, 2.75) is 26.7 Å². The second-order valence-corrected chi connectivity index (χ2v) is 3.24. The molecule has 0 aromatic heterocycles. The molecule has 0 atom stereocenters. The van der Waals surface area contributed by atoms with Crippen LogP contribution in [0.4, 0.5) is 0 Å². The molecule has 1 rings (SSSR count). The standard InChI is InChI=1S/C12H18O3/c1-3-5-8-14-10-12-7-6-11(15-12)9-13-4-2/h3-5,8-10H2,1-2H3. The summed E-state index contributed by atoms with van der Waals surface area (Å²) in [6.07, 6.45) is 2.22. The lowest BCUT2D eigenvalue weighted by Gasteiger charge is -2.07. The van der Waals surface area contributed by atoms with E-state index >= 15 is 0 Å². The molecule has 0 N–H and O–H groups in total. The van der Waals surface area contributed by atoms with Crippen molar-refractivity contribution in [3.8, 4) is 0 Å². The van der Waals surface area contributed by atoms with Crippen molar-refractivity contribution in [2.24, 2.45) is 0 Å². The molecule has 0 spiro atoms. The van der Waals surface area contributed by atoms with E-state index in [9.17, 15) is 0 Å². The Hall–Kier alpha value is -0.980. The molecule has 1 heterocycles. The fraction of sp³-hybridized carbons (Fsp3) is 0.667. The highest BCUT2D eigenvalue weighted by Gasteiger charge is 2.07. The zero-order valence-corrected chi connectivity index (χ0v) is 9.47. The van der Waals surface area contributed by atoms with Gasteiger partial charge in [-0.1, -0.05) is 13.3 Å². The molecule has 0 aromatic carbocycles. The first-order valence-corrected chi connectivity index (χ1v) is 5.43. The number of rotatable bonds is 8. The normalized spacial score (nSPS) is 13.7. The largest absolute Gasteiger partial charge is 0.443 e. The van der Waals surface area contributed by atoms with Crippen molar-refractivity contribution in [3.05, 3.63) is 23.0 Å². The molecular weight excluding hydrogens is 192 g/mol. The van der Waals surface area contributed by atoms with Crippen LogP contribution in [0.1, 0.15) is 26.7 Å². The molecule has 1 aliphatic rings. The highest BCUT2D eigenvalue weighted by atomic mass is 16.5. The van der Waals surface area contributed by atoms with Crippen molar-refractivity contribution in [3.63, 3.8) is 0 Å². The van der Waals surface area contributed by atoms with E-state index in [1.54, 1.807) is 0 Å². The van der Waals surface area contributed by atoms with Crippen LogP contribution in [0, 0.1) is 0 Å². The highest BCUT2D eigenvalue weighted by molar-refractivity contribution is 5.09. The van der Waals surface area contributed by atoms with Crippen molar-refractivity contribution in [2.75, 3.05) is 26.4 Å². The molecule has 0 unspecified atom stereocenters. The van der Waals surface area contributed by atoms with E-state index in [1.807, 2.05) is 6.92 Å². The summed E-state index contributed by atoms with van der Waals surface area (Å²) in [7, 11) is 0. The first-order valence-electron chi connectivity index (χ1n) is 5.43. The second kappa shape index (κ2) is 7.33. The Morgan fingerprint density at radius 3 is 2.33 bits per heavy atom. The first-order chi connectivity index (χ1) is 7.36. The molecule has 0 amide bonds. The van der Waals surface area contributed by atoms with Gasteiger partial charge in [0.2, 0.25) is 0 Å². The minimum atomic E-state index is 0.460. The van der Waals surface area contributed by atoms with Gasteiger partial charge in [0.15, 0.2) is 11.5 Å². The predicted molar refractivity (Wildman–Crippen MR) is 57.4 cm³/mol. The molecule has 84 valence electrons. The van der Waals surface area contributed by atoms with Crippen LogP contribution in [0.15, 0.2) is 23.0 Å². The molecule has 0 fully saturated rings. The van der Waals surface area contributed by atoms with E-state index in [4.69, 9.17) is 14.2 Å². The molecule has 3 nitrogen and oxygen atoms in total. The topological polar surface area (TPSA) is 27.7 Å².